The van der Waals surface area contributed by atoms with E-state index in [-0.39, 0.29) is 11.3 Å². The van der Waals surface area contributed by atoms with E-state index in [1.54, 1.807) is 0 Å². The van der Waals surface area contributed by atoms with Crippen molar-refractivity contribution in [1.82, 2.24) is 0 Å². The first-order valence-corrected chi connectivity index (χ1v) is 7.99. The van der Waals surface area contributed by atoms with Crippen molar-refractivity contribution in [3.63, 3.8) is 0 Å². The van der Waals surface area contributed by atoms with Gasteiger partial charge in [0.05, 0.1) is 24.7 Å². The molecule has 0 aromatic heterocycles. The van der Waals surface area contributed by atoms with Crippen LogP contribution in [0, 0.1) is 40.9 Å². The number of rotatable bonds is 3. The highest BCUT2D eigenvalue weighted by Crippen LogP contribution is 2.51. The van der Waals surface area contributed by atoms with Gasteiger partial charge in [-0.3, -0.25) is 0 Å². The number of hydrogen-bond donors (Lipinski definition) is 0. The van der Waals surface area contributed by atoms with E-state index in [9.17, 15) is 5.26 Å². The average Bonchev–Trinajstić information content (AvgIpc) is 2.56. The summed E-state index contributed by atoms with van der Waals surface area (Å²) in [6, 6.07) is 2.33. The van der Waals surface area contributed by atoms with Gasteiger partial charge in [-0.05, 0) is 32.1 Å². The minimum Gasteiger partial charge on any atom is -0.326 e. The van der Waals surface area contributed by atoms with Gasteiger partial charge in [0, 0.05) is 11.8 Å². The summed E-state index contributed by atoms with van der Waals surface area (Å²) in [5.41, 5.74) is -0.290. The maximum Gasteiger partial charge on any atom is 0.287 e. The summed E-state index contributed by atoms with van der Waals surface area (Å²) >= 11 is 0. The molecular formula is C17H23NO3. The van der Waals surface area contributed by atoms with Gasteiger partial charge in [-0.25, -0.2) is 0 Å². The fraction of sp³-hybridized carbons (Fsp3) is 0.824. The van der Waals surface area contributed by atoms with E-state index in [1.165, 1.54) is 0 Å². The number of ether oxygens (including phenoxy) is 3. The second-order valence-electron chi connectivity index (χ2n) is 6.64. The summed E-state index contributed by atoms with van der Waals surface area (Å²) in [5.74, 6) is 2.37. The first kappa shape index (κ1) is 14.9. The largest absolute Gasteiger partial charge is 0.326 e. The molecule has 1 saturated carbocycles. The van der Waals surface area contributed by atoms with Gasteiger partial charge in [0.2, 0.25) is 0 Å². The summed E-state index contributed by atoms with van der Waals surface area (Å²) in [7, 11) is 0. The zero-order valence-corrected chi connectivity index (χ0v) is 12.6. The van der Waals surface area contributed by atoms with E-state index in [1.807, 2.05) is 0 Å². The van der Waals surface area contributed by atoms with Crippen LogP contribution in [0.1, 0.15) is 45.4 Å². The minimum atomic E-state index is -1.00. The predicted molar refractivity (Wildman–Crippen MR) is 76.7 cm³/mol. The van der Waals surface area contributed by atoms with Crippen LogP contribution in [-0.4, -0.2) is 25.3 Å². The third-order valence-corrected chi connectivity index (χ3v) is 5.29. The lowest BCUT2D eigenvalue weighted by Gasteiger charge is -2.57. The zero-order valence-electron chi connectivity index (χ0n) is 12.6. The molecule has 0 amide bonds. The molecule has 0 aromatic rings. The smallest absolute Gasteiger partial charge is 0.287 e. The lowest BCUT2D eigenvalue weighted by atomic mass is 9.75. The van der Waals surface area contributed by atoms with E-state index in [2.05, 4.69) is 18.9 Å². The Labute approximate surface area is 126 Å². The molecule has 3 heterocycles. The third kappa shape index (κ3) is 2.36. The van der Waals surface area contributed by atoms with E-state index in [4.69, 9.17) is 20.6 Å². The highest BCUT2D eigenvalue weighted by Gasteiger charge is 2.61. The van der Waals surface area contributed by atoms with Crippen molar-refractivity contribution in [3.8, 4) is 18.4 Å². The summed E-state index contributed by atoms with van der Waals surface area (Å²) < 4.78 is 18.1. The molecular weight excluding hydrogens is 266 g/mol. The molecule has 0 spiro atoms. The maximum atomic E-state index is 9.49. The van der Waals surface area contributed by atoms with Gasteiger partial charge in [0.15, 0.2) is 6.10 Å². The van der Waals surface area contributed by atoms with Gasteiger partial charge in [-0.1, -0.05) is 13.3 Å². The quantitative estimate of drug-likeness (QED) is 0.750. The second kappa shape index (κ2) is 5.61. The molecule has 1 aliphatic carbocycles. The first-order chi connectivity index (χ1) is 10.2. The molecule has 21 heavy (non-hydrogen) atoms. The SMILES string of the molecule is C#C[C@H]1CC[C@H](C23OCC(CCC)(CO2)C(C#N)O3)CC1. The van der Waals surface area contributed by atoms with E-state index in [0.29, 0.717) is 19.1 Å². The molecule has 0 radical (unpaired) electrons. The Balaban J connectivity index is 1.74. The monoisotopic (exact) mass is 289 g/mol. The number of terminal acetylenes is 1. The standard InChI is InChI=1S/C17H23NO3/c1-3-9-16-11-19-17(20-12-16,21-15(16)10-18)14-7-5-13(4-2)6-8-14/h2,13-15H,3,5-9,11-12H2,1H3/t13-,14-,15?,16?,17?. The average molecular weight is 289 g/mol. The molecule has 2 bridgehead atoms. The fourth-order valence-corrected chi connectivity index (χ4v) is 3.96. The Bertz CT molecular complexity index is 459. The normalized spacial score (nSPS) is 45.8. The van der Waals surface area contributed by atoms with Crippen LogP contribution in [0.15, 0.2) is 0 Å². The Hall–Kier alpha value is -1.07. The van der Waals surface area contributed by atoms with Gasteiger partial charge >= 0.3 is 0 Å². The number of nitrogens with zero attached hydrogens (tertiary/aromatic N) is 1. The van der Waals surface area contributed by atoms with Crippen molar-refractivity contribution in [3.05, 3.63) is 0 Å². The van der Waals surface area contributed by atoms with E-state index >= 15 is 0 Å². The summed E-state index contributed by atoms with van der Waals surface area (Å²) in [6.07, 6.45) is 10.8. The van der Waals surface area contributed by atoms with Crippen molar-refractivity contribution in [2.45, 2.75) is 57.5 Å². The molecule has 3 aliphatic heterocycles. The van der Waals surface area contributed by atoms with Gasteiger partial charge in [0.25, 0.3) is 5.97 Å². The fourth-order valence-electron chi connectivity index (χ4n) is 3.96. The Morgan fingerprint density at radius 2 is 1.86 bits per heavy atom. The molecule has 3 saturated heterocycles. The van der Waals surface area contributed by atoms with Crippen LogP contribution in [0.25, 0.3) is 0 Å². The molecule has 0 aromatic carbocycles. The van der Waals surface area contributed by atoms with Crippen molar-refractivity contribution in [2.24, 2.45) is 17.3 Å². The summed E-state index contributed by atoms with van der Waals surface area (Å²) in [6.45, 7) is 3.24. The topological polar surface area (TPSA) is 51.5 Å². The van der Waals surface area contributed by atoms with Crippen molar-refractivity contribution in [1.29, 1.82) is 5.26 Å². The molecule has 4 nitrogen and oxygen atoms in total. The molecule has 1 atom stereocenters. The Kier molecular flexibility index (Phi) is 3.97. The van der Waals surface area contributed by atoms with Crippen LogP contribution < -0.4 is 0 Å². The molecule has 4 heteroatoms. The lowest BCUT2D eigenvalue weighted by molar-refractivity contribution is -0.500. The summed E-state index contributed by atoms with van der Waals surface area (Å²) in [5, 5.41) is 9.49. The molecule has 4 rings (SSSR count). The molecule has 114 valence electrons. The third-order valence-electron chi connectivity index (χ3n) is 5.29. The van der Waals surface area contributed by atoms with Gasteiger partial charge < -0.3 is 14.2 Å². The minimum absolute atomic E-state index is 0.179. The number of hydrogen-bond acceptors (Lipinski definition) is 4. The zero-order chi connectivity index (χ0) is 14.9. The molecule has 0 N–H and O–H groups in total. The molecule has 4 aliphatic rings. The van der Waals surface area contributed by atoms with Crippen molar-refractivity contribution < 1.29 is 14.2 Å². The van der Waals surface area contributed by atoms with Crippen LogP contribution >= 0.6 is 0 Å². The van der Waals surface area contributed by atoms with Crippen molar-refractivity contribution in [2.75, 3.05) is 13.2 Å². The highest BCUT2D eigenvalue weighted by molar-refractivity contribution is 5.07. The lowest BCUT2D eigenvalue weighted by Crippen LogP contribution is -2.66. The van der Waals surface area contributed by atoms with Crippen LogP contribution in [0.2, 0.25) is 0 Å². The van der Waals surface area contributed by atoms with E-state index in [0.717, 1.165) is 38.5 Å². The van der Waals surface area contributed by atoms with E-state index < -0.39 is 12.1 Å². The highest BCUT2D eigenvalue weighted by atomic mass is 16.9. The predicted octanol–water partition coefficient (Wildman–Crippen LogP) is 2.84. The van der Waals surface area contributed by atoms with Gasteiger partial charge in [-0.15, -0.1) is 12.3 Å². The molecule has 1 unspecified atom stereocenters. The maximum absolute atomic E-state index is 9.49. The van der Waals surface area contributed by atoms with Gasteiger partial charge in [0.1, 0.15) is 0 Å². The van der Waals surface area contributed by atoms with Crippen LogP contribution in [0.5, 0.6) is 0 Å². The van der Waals surface area contributed by atoms with Gasteiger partial charge in [-0.2, -0.15) is 5.26 Å². The van der Waals surface area contributed by atoms with Crippen LogP contribution in [0.3, 0.4) is 0 Å². The first-order valence-electron chi connectivity index (χ1n) is 7.99. The van der Waals surface area contributed by atoms with Crippen LogP contribution in [-0.2, 0) is 14.2 Å². The second-order valence-corrected chi connectivity index (χ2v) is 6.64. The number of nitriles is 1. The van der Waals surface area contributed by atoms with Crippen LogP contribution in [0.4, 0.5) is 0 Å². The summed E-state index contributed by atoms with van der Waals surface area (Å²) in [4.78, 5) is 0. The molecule has 4 fully saturated rings. The van der Waals surface area contributed by atoms with Crippen molar-refractivity contribution >= 4 is 0 Å². The Morgan fingerprint density at radius 3 is 2.38 bits per heavy atom. The number of fused-ring (bicyclic) bond motifs is 3. The Morgan fingerprint density at radius 1 is 1.19 bits per heavy atom.